The van der Waals surface area contributed by atoms with Gasteiger partial charge in [-0.05, 0) is 17.7 Å². The van der Waals surface area contributed by atoms with Gasteiger partial charge in [-0.3, -0.25) is 4.79 Å². The summed E-state index contributed by atoms with van der Waals surface area (Å²) in [5, 5.41) is 6.02. The van der Waals surface area contributed by atoms with Crippen molar-refractivity contribution in [1.29, 1.82) is 0 Å². The van der Waals surface area contributed by atoms with E-state index in [1.807, 2.05) is 0 Å². The molecule has 1 fully saturated rings. The molecule has 0 saturated carbocycles. The molecule has 1 aromatic carbocycles. The molecule has 0 radical (unpaired) electrons. The summed E-state index contributed by atoms with van der Waals surface area (Å²) < 4.78 is 12.6. The average molecular weight is 259 g/mol. The molecular formula is C12H16ClFN2O. The lowest BCUT2D eigenvalue weighted by molar-refractivity contribution is -0.120. The van der Waals surface area contributed by atoms with Crippen molar-refractivity contribution in [2.75, 3.05) is 19.6 Å². The van der Waals surface area contributed by atoms with E-state index in [0.29, 0.717) is 12.3 Å². The molecule has 1 aliphatic rings. The summed E-state index contributed by atoms with van der Waals surface area (Å²) >= 11 is 0. The maximum Gasteiger partial charge on any atom is 0.224 e. The van der Waals surface area contributed by atoms with Gasteiger partial charge in [0, 0.05) is 25.6 Å². The Bertz CT molecular complexity index is 365. The number of carbonyl (C=O) groups is 1. The minimum atomic E-state index is -0.273. The van der Waals surface area contributed by atoms with Crippen molar-refractivity contribution in [2.24, 2.45) is 5.92 Å². The van der Waals surface area contributed by atoms with Crippen LogP contribution < -0.4 is 10.6 Å². The molecule has 0 unspecified atom stereocenters. The third-order valence-corrected chi connectivity index (χ3v) is 2.73. The van der Waals surface area contributed by atoms with E-state index < -0.39 is 0 Å². The highest BCUT2D eigenvalue weighted by Crippen LogP contribution is 2.04. The molecule has 0 aliphatic carbocycles. The Balaban J connectivity index is 0.00000144. The normalized spacial score (nSPS) is 14.6. The molecule has 3 nitrogen and oxygen atoms in total. The Hall–Kier alpha value is -1.13. The van der Waals surface area contributed by atoms with Crippen molar-refractivity contribution in [2.45, 2.75) is 6.42 Å². The van der Waals surface area contributed by atoms with Crippen LogP contribution in [0.4, 0.5) is 4.39 Å². The van der Waals surface area contributed by atoms with Crippen LogP contribution in [0.2, 0.25) is 0 Å². The van der Waals surface area contributed by atoms with Gasteiger partial charge < -0.3 is 10.6 Å². The van der Waals surface area contributed by atoms with E-state index in [-0.39, 0.29) is 24.1 Å². The zero-order valence-electron chi connectivity index (χ0n) is 9.41. The van der Waals surface area contributed by atoms with Crippen molar-refractivity contribution < 1.29 is 9.18 Å². The predicted octanol–water partition coefficient (Wildman–Crippen LogP) is 1.13. The van der Waals surface area contributed by atoms with E-state index in [0.717, 1.165) is 25.2 Å². The number of hydrogen-bond donors (Lipinski definition) is 2. The van der Waals surface area contributed by atoms with Crippen LogP contribution in [0.3, 0.4) is 0 Å². The number of benzene rings is 1. The number of carbonyl (C=O) groups excluding carboxylic acids is 1. The monoisotopic (exact) mass is 258 g/mol. The summed E-state index contributed by atoms with van der Waals surface area (Å²) in [6.45, 7) is 2.70. The van der Waals surface area contributed by atoms with Gasteiger partial charge in [-0.15, -0.1) is 12.4 Å². The zero-order valence-corrected chi connectivity index (χ0v) is 10.2. The fraction of sp³-hybridized carbons (Fsp3) is 0.417. The van der Waals surface area contributed by atoms with Gasteiger partial charge in [0.1, 0.15) is 5.82 Å². The lowest BCUT2D eigenvalue weighted by atomic mass is 10.0. The van der Waals surface area contributed by atoms with Crippen LogP contribution in [0.15, 0.2) is 24.3 Å². The first kappa shape index (κ1) is 13.9. The molecule has 5 heteroatoms. The molecule has 1 aliphatic heterocycles. The van der Waals surface area contributed by atoms with Gasteiger partial charge in [0.2, 0.25) is 5.91 Å². The zero-order chi connectivity index (χ0) is 11.4. The van der Waals surface area contributed by atoms with Crippen LogP contribution in [0.1, 0.15) is 5.56 Å². The molecule has 0 spiro atoms. The smallest absolute Gasteiger partial charge is 0.224 e. The van der Waals surface area contributed by atoms with E-state index in [1.165, 1.54) is 12.1 Å². The number of nitrogens with one attached hydrogen (secondary N) is 2. The Morgan fingerprint density at radius 3 is 2.53 bits per heavy atom. The van der Waals surface area contributed by atoms with E-state index in [2.05, 4.69) is 10.6 Å². The molecule has 2 rings (SSSR count). The van der Waals surface area contributed by atoms with E-state index in [9.17, 15) is 9.18 Å². The van der Waals surface area contributed by atoms with Crippen LogP contribution in [-0.2, 0) is 11.2 Å². The summed E-state index contributed by atoms with van der Waals surface area (Å²) in [6.07, 6.45) is 0.320. The highest BCUT2D eigenvalue weighted by Gasteiger charge is 2.16. The Morgan fingerprint density at radius 2 is 2.00 bits per heavy atom. The lowest BCUT2D eigenvalue weighted by Crippen LogP contribution is -2.48. The fourth-order valence-electron chi connectivity index (χ4n) is 1.60. The molecule has 2 N–H and O–H groups in total. The second-order valence-electron chi connectivity index (χ2n) is 4.13. The van der Waals surface area contributed by atoms with E-state index in [1.54, 1.807) is 12.1 Å². The van der Waals surface area contributed by atoms with E-state index in [4.69, 9.17) is 0 Å². The SMILES string of the molecule is Cl.O=C(Cc1ccc(F)cc1)NCC1CNC1. The van der Waals surface area contributed by atoms with Gasteiger partial charge >= 0.3 is 0 Å². The maximum atomic E-state index is 12.6. The van der Waals surface area contributed by atoms with Crippen LogP contribution in [0, 0.1) is 11.7 Å². The fourth-order valence-corrected chi connectivity index (χ4v) is 1.60. The molecule has 1 heterocycles. The molecule has 1 aromatic rings. The highest BCUT2D eigenvalue weighted by atomic mass is 35.5. The van der Waals surface area contributed by atoms with Crippen molar-refractivity contribution in [1.82, 2.24) is 10.6 Å². The minimum Gasteiger partial charge on any atom is -0.355 e. The molecule has 0 bridgehead atoms. The number of halogens is 2. The van der Waals surface area contributed by atoms with Crippen molar-refractivity contribution in [3.8, 4) is 0 Å². The molecule has 94 valence electrons. The average Bonchev–Trinajstić information content (AvgIpc) is 2.19. The summed E-state index contributed by atoms with van der Waals surface area (Å²) in [4.78, 5) is 11.5. The summed E-state index contributed by atoms with van der Waals surface area (Å²) in [6, 6.07) is 6.02. The quantitative estimate of drug-likeness (QED) is 0.850. The van der Waals surface area contributed by atoms with E-state index >= 15 is 0 Å². The van der Waals surface area contributed by atoms with Crippen LogP contribution in [0.25, 0.3) is 0 Å². The number of hydrogen-bond acceptors (Lipinski definition) is 2. The first-order valence-corrected chi connectivity index (χ1v) is 5.46. The lowest BCUT2D eigenvalue weighted by Gasteiger charge is -2.27. The standard InChI is InChI=1S/C12H15FN2O.ClH/c13-11-3-1-9(2-4-11)5-12(16)15-8-10-6-14-7-10;/h1-4,10,14H,5-8H2,(H,15,16);1H. The summed E-state index contributed by atoms with van der Waals surface area (Å²) in [5.74, 6) is 0.292. The number of amides is 1. The highest BCUT2D eigenvalue weighted by molar-refractivity contribution is 5.85. The first-order chi connectivity index (χ1) is 7.74. The first-order valence-electron chi connectivity index (χ1n) is 5.46. The molecule has 0 atom stereocenters. The van der Waals surface area contributed by atoms with Crippen molar-refractivity contribution >= 4 is 18.3 Å². The molecule has 0 aromatic heterocycles. The largest absolute Gasteiger partial charge is 0.355 e. The van der Waals surface area contributed by atoms with Gasteiger partial charge in [-0.1, -0.05) is 12.1 Å². The Labute approximate surface area is 106 Å². The second kappa shape index (κ2) is 6.57. The molecular weight excluding hydrogens is 243 g/mol. The maximum absolute atomic E-state index is 12.6. The van der Waals surface area contributed by atoms with Crippen LogP contribution in [0.5, 0.6) is 0 Å². The van der Waals surface area contributed by atoms with Gasteiger partial charge in [-0.2, -0.15) is 0 Å². The second-order valence-corrected chi connectivity index (χ2v) is 4.13. The summed E-state index contributed by atoms with van der Waals surface area (Å²) in [7, 11) is 0. The van der Waals surface area contributed by atoms with Gasteiger partial charge in [-0.25, -0.2) is 4.39 Å². The Morgan fingerprint density at radius 1 is 1.35 bits per heavy atom. The van der Waals surface area contributed by atoms with Crippen LogP contribution >= 0.6 is 12.4 Å². The van der Waals surface area contributed by atoms with Crippen molar-refractivity contribution in [3.05, 3.63) is 35.6 Å². The minimum absolute atomic E-state index is 0. The van der Waals surface area contributed by atoms with Crippen LogP contribution in [-0.4, -0.2) is 25.5 Å². The van der Waals surface area contributed by atoms with Gasteiger partial charge in [0.15, 0.2) is 0 Å². The predicted molar refractivity (Wildman–Crippen MR) is 66.7 cm³/mol. The third-order valence-electron chi connectivity index (χ3n) is 2.73. The molecule has 17 heavy (non-hydrogen) atoms. The van der Waals surface area contributed by atoms with Crippen molar-refractivity contribution in [3.63, 3.8) is 0 Å². The Kier molecular flexibility index (Phi) is 5.38. The third kappa shape index (κ3) is 4.32. The number of rotatable bonds is 4. The van der Waals surface area contributed by atoms with Gasteiger partial charge in [0.05, 0.1) is 6.42 Å². The van der Waals surface area contributed by atoms with Gasteiger partial charge in [0.25, 0.3) is 0 Å². The topological polar surface area (TPSA) is 41.1 Å². The summed E-state index contributed by atoms with van der Waals surface area (Å²) in [5.41, 5.74) is 0.839. The molecule has 1 saturated heterocycles. The molecule has 1 amide bonds.